The first-order chi connectivity index (χ1) is 9.67. The van der Waals surface area contributed by atoms with E-state index in [9.17, 15) is 8.42 Å². The van der Waals surface area contributed by atoms with Crippen LogP contribution in [0.5, 0.6) is 0 Å². The van der Waals surface area contributed by atoms with Gasteiger partial charge in [0.25, 0.3) is 0 Å². The van der Waals surface area contributed by atoms with E-state index in [0.717, 1.165) is 24.8 Å². The average Bonchev–Trinajstić information content (AvgIpc) is 2.98. The fraction of sp³-hybridized carbons (Fsp3) is 0.357. The maximum absolute atomic E-state index is 12.4. The smallest absolute Gasteiger partial charge is 0.241 e. The lowest BCUT2D eigenvalue weighted by molar-refractivity contribution is 0.552. The molecule has 3 rings (SSSR count). The fourth-order valence-corrected chi connectivity index (χ4v) is 3.86. The number of halogens is 2. The molecule has 2 aromatic rings. The van der Waals surface area contributed by atoms with Gasteiger partial charge in [-0.25, -0.2) is 13.1 Å². The molecule has 5 nitrogen and oxygen atoms in total. The number of aromatic nitrogens is 1. The van der Waals surface area contributed by atoms with E-state index in [1.807, 2.05) is 6.07 Å². The fourth-order valence-electron chi connectivity index (χ4n) is 2.55. The quantitative estimate of drug-likeness (QED) is 0.872. The summed E-state index contributed by atoms with van der Waals surface area (Å²) in [5.41, 5.74) is 0. The second-order valence-electron chi connectivity index (χ2n) is 5.00. The number of pyridine rings is 1. The highest BCUT2D eigenvalue weighted by atomic mass is 35.5. The molecule has 8 heteroatoms. The van der Waals surface area contributed by atoms with Gasteiger partial charge < -0.3 is 5.32 Å². The monoisotopic (exact) mass is 363 g/mol. The zero-order chi connectivity index (χ0) is 14.0. The number of nitrogens with one attached hydrogen (secondary N) is 2. The first kappa shape index (κ1) is 19.1. The van der Waals surface area contributed by atoms with Gasteiger partial charge in [0.05, 0.1) is 4.90 Å². The highest BCUT2D eigenvalue weighted by Gasteiger charge is 2.20. The molecule has 22 heavy (non-hydrogen) atoms. The van der Waals surface area contributed by atoms with E-state index < -0.39 is 10.0 Å². The molecule has 0 amide bonds. The number of fused-ring (bicyclic) bond motifs is 1. The standard InChI is InChI=1S/C14H17N3O2S.2ClH/c18-20(19,17-10-12-4-2-7-16-12)14-5-1-3-11-9-15-8-6-13(11)14;;/h1,3,5-6,8-9,12,16-17H,2,4,7,10H2;2*1H/t12-;;/m0../s1. The van der Waals surface area contributed by atoms with Crippen molar-refractivity contribution < 1.29 is 8.42 Å². The molecular weight excluding hydrogens is 345 g/mol. The molecule has 0 saturated carbocycles. The molecule has 2 N–H and O–H groups in total. The molecule has 0 spiro atoms. The predicted octanol–water partition coefficient (Wildman–Crippen LogP) is 2.11. The van der Waals surface area contributed by atoms with Crippen molar-refractivity contribution in [3.63, 3.8) is 0 Å². The molecule has 1 saturated heterocycles. The Morgan fingerprint density at radius 3 is 2.82 bits per heavy atom. The minimum absolute atomic E-state index is 0. The molecule has 1 aromatic heterocycles. The van der Waals surface area contributed by atoms with E-state index >= 15 is 0 Å². The van der Waals surface area contributed by atoms with Crippen LogP contribution in [0.25, 0.3) is 10.8 Å². The maximum atomic E-state index is 12.4. The van der Waals surface area contributed by atoms with Crippen molar-refractivity contribution in [1.82, 2.24) is 15.0 Å². The molecule has 122 valence electrons. The van der Waals surface area contributed by atoms with Gasteiger partial charge in [-0.15, -0.1) is 24.8 Å². The second-order valence-corrected chi connectivity index (χ2v) is 6.73. The normalized spacial score (nSPS) is 17.7. The molecule has 0 aliphatic carbocycles. The highest BCUT2D eigenvalue weighted by Crippen LogP contribution is 2.21. The summed E-state index contributed by atoms with van der Waals surface area (Å²) in [5, 5.41) is 4.81. The van der Waals surface area contributed by atoms with Crippen LogP contribution in [0.3, 0.4) is 0 Å². The van der Waals surface area contributed by atoms with Crippen LogP contribution in [0.2, 0.25) is 0 Å². The van der Waals surface area contributed by atoms with Gasteiger partial charge in [0, 0.05) is 35.8 Å². The number of rotatable bonds is 4. The van der Waals surface area contributed by atoms with Gasteiger partial charge in [0.15, 0.2) is 0 Å². The van der Waals surface area contributed by atoms with Crippen LogP contribution in [-0.4, -0.2) is 32.5 Å². The summed E-state index contributed by atoms with van der Waals surface area (Å²) in [6, 6.07) is 7.21. The van der Waals surface area contributed by atoms with Crippen LogP contribution in [0, 0.1) is 0 Å². The van der Waals surface area contributed by atoms with Gasteiger partial charge in [-0.2, -0.15) is 0 Å². The largest absolute Gasteiger partial charge is 0.313 e. The zero-order valence-corrected chi connectivity index (χ0v) is 14.3. The van der Waals surface area contributed by atoms with Gasteiger partial charge in [0.1, 0.15) is 0 Å². The zero-order valence-electron chi connectivity index (χ0n) is 11.9. The third-order valence-electron chi connectivity index (χ3n) is 3.61. The van der Waals surface area contributed by atoms with Gasteiger partial charge in [-0.05, 0) is 31.5 Å². The van der Waals surface area contributed by atoms with Crippen molar-refractivity contribution in [3.05, 3.63) is 36.7 Å². The van der Waals surface area contributed by atoms with Crippen molar-refractivity contribution in [2.75, 3.05) is 13.1 Å². The van der Waals surface area contributed by atoms with E-state index in [1.54, 1.807) is 30.6 Å². The average molecular weight is 364 g/mol. The first-order valence-corrected chi connectivity index (χ1v) is 8.21. The third kappa shape index (κ3) is 4.08. The van der Waals surface area contributed by atoms with Gasteiger partial charge >= 0.3 is 0 Å². The van der Waals surface area contributed by atoms with Crippen LogP contribution in [-0.2, 0) is 10.0 Å². The predicted molar refractivity (Wildman–Crippen MR) is 92.5 cm³/mol. The van der Waals surface area contributed by atoms with Gasteiger partial charge in [-0.1, -0.05) is 12.1 Å². The van der Waals surface area contributed by atoms with E-state index in [2.05, 4.69) is 15.0 Å². The minimum atomic E-state index is -3.49. The summed E-state index contributed by atoms with van der Waals surface area (Å²) in [6.07, 6.45) is 5.40. The third-order valence-corrected chi connectivity index (χ3v) is 5.09. The minimum Gasteiger partial charge on any atom is -0.313 e. The molecule has 1 fully saturated rings. The van der Waals surface area contributed by atoms with Crippen molar-refractivity contribution in [3.8, 4) is 0 Å². The van der Waals surface area contributed by atoms with Crippen molar-refractivity contribution >= 4 is 45.6 Å². The Morgan fingerprint density at radius 1 is 1.27 bits per heavy atom. The summed E-state index contributed by atoms with van der Waals surface area (Å²) in [4.78, 5) is 4.34. The topological polar surface area (TPSA) is 71.1 Å². The van der Waals surface area contributed by atoms with Crippen molar-refractivity contribution in [1.29, 1.82) is 0 Å². The molecule has 1 aliphatic rings. The Hall–Kier alpha value is -0.920. The Kier molecular flexibility index (Phi) is 7.02. The second kappa shape index (κ2) is 8.08. The van der Waals surface area contributed by atoms with Crippen LogP contribution < -0.4 is 10.0 Å². The van der Waals surface area contributed by atoms with E-state index in [-0.39, 0.29) is 30.9 Å². The highest BCUT2D eigenvalue weighted by molar-refractivity contribution is 7.89. The summed E-state index contributed by atoms with van der Waals surface area (Å²) < 4.78 is 27.6. The number of hydrogen-bond donors (Lipinski definition) is 2. The van der Waals surface area contributed by atoms with Crippen LogP contribution in [0.4, 0.5) is 0 Å². The van der Waals surface area contributed by atoms with Crippen LogP contribution in [0.1, 0.15) is 12.8 Å². The maximum Gasteiger partial charge on any atom is 0.241 e. The molecule has 1 aliphatic heterocycles. The molecule has 1 atom stereocenters. The number of benzene rings is 1. The number of hydrogen-bond acceptors (Lipinski definition) is 4. The lowest BCUT2D eigenvalue weighted by atomic mass is 10.2. The Balaban J connectivity index is 0.00000121. The van der Waals surface area contributed by atoms with E-state index in [0.29, 0.717) is 16.8 Å². The Morgan fingerprint density at radius 2 is 2.09 bits per heavy atom. The van der Waals surface area contributed by atoms with Crippen LogP contribution in [0.15, 0.2) is 41.6 Å². The lowest BCUT2D eigenvalue weighted by Gasteiger charge is -2.13. The van der Waals surface area contributed by atoms with Gasteiger partial charge in [0.2, 0.25) is 10.0 Å². The molecule has 1 aromatic carbocycles. The molecular formula is C14H19Cl2N3O2S. The molecule has 2 heterocycles. The summed E-state index contributed by atoms with van der Waals surface area (Å²) in [6.45, 7) is 1.40. The first-order valence-electron chi connectivity index (χ1n) is 6.72. The SMILES string of the molecule is Cl.Cl.O=S(=O)(NC[C@@H]1CCCN1)c1cccc2cnccc12. The number of sulfonamides is 1. The van der Waals surface area contributed by atoms with Crippen molar-refractivity contribution in [2.45, 2.75) is 23.8 Å². The summed E-state index contributed by atoms with van der Waals surface area (Å²) in [7, 11) is -3.49. The molecule has 0 unspecified atom stereocenters. The lowest BCUT2D eigenvalue weighted by Crippen LogP contribution is -2.37. The van der Waals surface area contributed by atoms with Gasteiger partial charge in [-0.3, -0.25) is 4.98 Å². The molecule has 0 bridgehead atoms. The van der Waals surface area contributed by atoms with E-state index in [4.69, 9.17) is 0 Å². The van der Waals surface area contributed by atoms with E-state index in [1.165, 1.54) is 0 Å². The summed E-state index contributed by atoms with van der Waals surface area (Å²) >= 11 is 0. The summed E-state index contributed by atoms with van der Waals surface area (Å²) in [5.74, 6) is 0. The molecule has 0 radical (unpaired) electrons. The number of nitrogens with zero attached hydrogens (tertiary/aromatic N) is 1. The van der Waals surface area contributed by atoms with Crippen molar-refractivity contribution in [2.24, 2.45) is 0 Å². The Labute approximate surface area is 142 Å². The van der Waals surface area contributed by atoms with Crippen LogP contribution >= 0.6 is 24.8 Å². The Bertz CT molecular complexity index is 714.